The molecule has 0 N–H and O–H groups in total. The van der Waals surface area contributed by atoms with Crippen LogP contribution in [0, 0.1) is 24.0 Å². The van der Waals surface area contributed by atoms with Crippen LogP contribution in [-0.4, -0.2) is 14.5 Å². The maximum absolute atomic E-state index is 12.6. The van der Waals surface area contributed by atoms with Gasteiger partial charge in [-0.05, 0) is 25.5 Å². The minimum atomic E-state index is -0.442. The van der Waals surface area contributed by atoms with Crippen molar-refractivity contribution >= 4 is 27.2 Å². The van der Waals surface area contributed by atoms with Gasteiger partial charge in [-0.1, -0.05) is 12.1 Å². The molecule has 0 unspecified atom stereocenters. The Balaban J connectivity index is 2.03. The molecule has 2 heterocycles. The van der Waals surface area contributed by atoms with Crippen molar-refractivity contribution in [2.75, 3.05) is 0 Å². The number of aryl methyl sites for hydroxylation is 2. The lowest BCUT2D eigenvalue weighted by Gasteiger charge is -2.09. The molecule has 0 amide bonds. The second kappa shape index (κ2) is 5.34. The van der Waals surface area contributed by atoms with Gasteiger partial charge in [-0.2, -0.15) is 0 Å². The predicted molar refractivity (Wildman–Crippen MR) is 85.6 cm³/mol. The van der Waals surface area contributed by atoms with Crippen molar-refractivity contribution in [1.29, 1.82) is 0 Å². The smallest absolute Gasteiger partial charge is 0.269 e. The predicted octanol–water partition coefficient (Wildman–Crippen LogP) is 3.03. The zero-order chi connectivity index (χ0) is 15.9. The molecular weight excluding hydrogens is 302 g/mol. The van der Waals surface area contributed by atoms with Crippen molar-refractivity contribution in [1.82, 2.24) is 9.55 Å². The summed E-state index contributed by atoms with van der Waals surface area (Å²) in [5, 5.41) is 11.3. The van der Waals surface area contributed by atoms with E-state index >= 15 is 0 Å². The van der Waals surface area contributed by atoms with Gasteiger partial charge in [0.1, 0.15) is 10.7 Å². The third kappa shape index (κ3) is 2.50. The SMILES string of the molecule is Cc1cc2c(=O)n(Cc3ccc([N+](=O)[O-])cc3)c(C)nc2s1. The molecule has 0 atom stereocenters. The summed E-state index contributed by atoms with van der Waals surface area (Å²) in [5.74, 6) is 0.637. The number of benzene rings is 1. The van der Waals surface area contributed by atoms with E-state index in [9.17, 15) is 14.9 Å². The van der Waals surface area contributed by atoms with Gasteiger partial charge in [0, 0.05) is 17.0 Å². The monoisotopic (exact) mass is 315 g/mol. The van der Waals surface area contributed by atoms with Gasteiger partial charge in [0.05, 0.1) is 16.9 Å². The zero-order valence-corrected chi connectivity index (χ0v) is 12.9. The number of nitro groups is 1. The molecule has 0 fully saturated rings. The molecule has 0 radical (unpaired) electrons. The molecule has 0 saturated carbocycles. The van der Waals surface area contributed by atoms with Crippen molar-refractivity contribution in [2.45, 2.75) is 20.4 Å². The first-order valence-electron chi connectivity index (χ1n) is 6.66. The van der Waals surface area contributed by atoms with Gasteiger partial charge in [0.25, 0.3) is 11.2 Å². The van der Waals surface area contributed by atoms with Gasteiger partial charge < -0.3 is 0 Å². The first kappa shape index (κ1) is 14.4. The fourth-order valence-corrected chi connectivity index (χ4v) is 3.25. The Bertz CT molecular complexity index is 926. The number of nitro benzene ring substituents is 1. The number of rotatable bonds is 3. The molecular formula is C15H13N3O3S. The Morgan fingerprint density at radius 3 is 2.59 bits per heavy atom. The average Bonchev–Trinajstić information content (AvgIpc) is 2.84. The molecule has 0 spiro atoms. The lowest BCUT2D eigenvalue weighted by Crippen LogP contribution is -2.23. The summed E-state index contributed by atoms with van der Waals surface area (Å²) in [6.07, 6.45) is 0. The quantitative estimate of drug-likeness (QED) is 0.550. The van der Waals surface area contributed by atoms with Crippen molar-refractivity contribution in [3.05, 3.63) is 67.1 Å². The van der Waals surface area contributed by atoms with Crippen molar-refractivity contribution < 1.29 is 4.92 Å². The van der Waals surface area contributed by atoms with E-state index < -0.39 is 4.92 Å². The van der Waals surface area contributed by atoms with E-state index in [1.54, 1.807) is 23.6 Å². The molecule has 0 aliphatic heterocycles. The van der Waals surface area contributed by atoms with Gasteiger partial charge in [-0.3, -0.25) is 19.5 Å². The minimum absolute atomic E-state index is 0.0369. The Morgan fingerprint density at radius 2 is 1.95 bits per heavy atom. The number of hydrogen-bond donors (Lipinski definition) is 0. The summed E-state index contributed by atoms with van der Waals surface area (Å²) in [5.41, 5.74) is 0.781. The van der Waals surface area contributed by atoms with Crippen LogP contribution in [0.25, 0.3) is 10.2 Å². The molecule has 0 aliphatic carbocycles. The summed E-state index contributed by atoms with van der Waals surface area (Å²) in [4.78, 5) is 29.1. The second-order valence-corrected chi connectivity index (χ2v) is 6.28. The van der Waals surface area contributed by atoms with Crippen LogP contribution < -0.4 is 5.56 Å². The van der Waals surface area contributed by atoms with E-state index in [0.29, 0.717) is 17.8 Å². The van der Waals surface area contributed by atoms with Crippen LogP contribution in [-0.2, 0) is 6.54 Å². The van der Waals surface area contributed by atoms with Crippen LogP contribution in [0.2, 0.25) is 0 Å². The average molecular weight is 315 g/mol. The Kier molecular flexibility index (Phi) is 3.50. The van der Waals surface area contributed by atoms with Crippen LogP contribution in [0.15, 0.2) is 35.1 Å². The fourth-order valence-electron chi connectivity index (χ4n) is 2.33. The molecule has 7 heteroatoms. The number of aromatic nitrogens is 2. The topological polar surface area (TPSA) is 78.0 Å². The molecule has 3 rings (SSSR count). The summed E-state index contributed by atoms with van der Waals surface area (Å²) in [6.45, 7) is 4.09. The second-order valence-electron chi connectivity index (χ2n) is 5.05. The first-order chi connectivity index (χ1) is 10.5. The number of thiophene rings is 1. The van der Waals surface area contributed by atoms with Crippen LogP contribution >= 0.6 is 11.3 Å². The number of nitrogens with zero attached hydrogens (tertiary/aromatic N) is 3. The molecule has 2 aromatic heterocycles. The zero-order valence-electron chi connectivity index (χ0n) is 12.1. The molecule has 22 heavy (non-hydrogen) atoms. The highest BCUT2D eigenvalue weighted by Gasteiger charge is 2.11. The third-order valence-corrected chi connectivity index (χ3v) is 4.40. The van der Waals surface area contributed by atoms with Crippen molar-refractivity contribution in [2.24, 2.45) is 0 Å². The van der Waals surface area contributed by atoms with E-state index in [0.717, 1.165) is 15.3 Å². The van der Waals surface area contributed by atoms with Crippen LogP contribution in [0.4, 0.5) is 5.69 Å². The van der Waals surface area contributed by atoms with Gasteiger partial charge in [-0.25, -0.2) is 4.98 Å². The van der Waals surface area contributed by atoms with Crippen molar-refractivity contribution in [3.8, 4) is 0 Å². The highest BCUT2D eigenvalue weighted by Crippen LogP contribution is 2.21. The van der Waals surface area contributed by atoms with Crippen LogP contribution in [0.1, 0.15) is 16.3 Å². The van der Waals surface area contributed by atoms with E-state index in [-0.39, 0.29) is 11.2 Å². The molecule has 0 saturated heterocycles. The van der Waals surface area contributed by atoms with E-state index in [4.69, 9.17) is 0 Å². The maximum atomic E-state index is 12.6. The molecule has 112 valence electrons. The summed E-state index contributed by atoms with van der Waals surface area (Å²) >= 11 is 1.50. The Morgan fingerprint density at radius 1 is 1.27 bits per heavy atom. The molecule has 0 aliphatic rings. The lowest BCUT2D eigenvalue weighted by atomic mass is 10.2. The van der Waals surface area contributed by atoms with E-state index in [1.807, 2.05) is 13.0 Å². The standard InChI is InChI=1S/C15H13N3O3S/c1-9-7-13-14(22-9)16-10(2)17(15(13)19)8-11-3-5-12(6-4-11)18(20)21/h3-7H,8H2,1-2H3. The maximum Gasteiger partial charge on any atom is 0.269 e. The molecule has 6 nitrogen and oxygen atoms in total. The van der Waals surface area contributed by atoms with Crippen molar-refractivity contribution in [3.63, 3.8) is 0 Å². The molecule has 3 aromatic rings. The van der Waals surface area contributed by atoms with Gasteiger partial charge in [-0.15, -0.1) is 11.3 Å². The van der Waals surface area contributed by atoms with Gasteiger partial charge >= 0.3 is 0 Å². The third-order valence-electron chi connectivity index (χ3n) is 3.45. The lowest BCUT2D eigenvalue weighted by molar-refractivity contribution is -0.384. The molecule has 0 bridgehead atoms. The van der Waals surface area contributed by atoms with Crippen LogP contribution in [0.5, 0.6) is 0 Å². The number of non-ortho nitro benzene ring substituents is 1. The van der Waals surface area contributed by atoms with Gasteiger partial charge in [0.2, 0.25) is 0 Å². The summed E-state index contributed by atoms with van der Waals surface area (Å²) in [7, 11) is 0. The first-order valence-corrected chi connectivity index (χ1v) is 7.48. The number of fused-ring (bicyclic) bond motifs is 1. The normalized spacial score (nSPS) is 11.0. The summed E-state index contributed by atoms with van der Waals surface area (Å²) < 4.78 is 1.59. The van der Waals surface area contributed by atoms with E-state index in [2.05, 4.69) is 4.98 Å². The molecule has 1 aromatic carbocycles. The fraction of sp³-hybridized carbons (Fsp3) is 0.200. The minimum Gasteiger partial charge on any atom is -0.292 e. The largest absolute Gasteiger partial charge is 0.292 e. The highest BCUT2D eigenvalue weighted by molar-refractivity contribution is 7.18. The highest BCUT2D eigenvalue weighted by atomic mass is 32.1. The number of hydrogen-bond acceptors (Lipinski definition) is 5. The Labute approximate surface area is 129 Å². The van der Waals surface area contributed by atoms with E-state index in [1.165, 1.54) is 23.5 Å². The summed E-state index contributed by atoms with van der Waals surface area (Å²) in [6, 6.07) is 8.05. The van der Waals surface area contributed by atoms with Crippen LogP contribution in [0.3, 0.4) is 0 Å². The van der Waals surface area contributed by atoms with Gasteiger partial charge in [0.15, 0.2) is 0 Å². The Hall–Kier alpha value is -2.54.